The Morgan fingerprint density at radius 3 is 1.00 bits per heavy atom. The van der Waals surface area contributed by atoms with Crippen molar-refractivity contribution in [3.05, 3.63) is 0 Å². The van der Waals surface area contributed by atoms with Gasteiger partial charge < -0.3 is 0 Å². The summed E-state index contributed by atoms with van der Waals surface area (Å²) in [4.78, 5) is 7.09. The Morgan fingerprint density at radius 2 is 0.857 bits per heavy atom. The second-order valence-corrected chi connectivity index (χ2v) is 21.6. The normalized spacial score (nSPS) is 10.3. The molecule has 0 nitrogen and oxygen atoms in total. The van der Waals surface area contributed by atoms with E-state index in [0.29, 0.717) is 0 Å². The van der Waals surface area contributed by atoms with Crippen LogP contribution in [0.2, 0.25) is 28.1 Å². The predicted octanol–water partition coefficient (Wildman–Crippen LogP) is 5.08. The molecule has 0 amide bonds. The third-order valence-corrected chi connectivity index (χ3v) is 12.1. The zero-order valence-corrected chi connectivity index (χ0v) is 17.0. The van der Waals surface area contributed by atoms with Crippen LogP contribution in [0.15, 0.2) is 0 Å². The van der Waals surface area contributed by atoms with Crippen molar-refractivity contribution in [1.82, 2.24) is 0 Å². The zero-order chi connectivity index (χ0) is 11.4. The maximum atomic E-state index is 2.36. The van der Waals surface area contributed by atoms with E-state index < -0.39 is 39.5 Å². The average Bonchev–Trinajstić information content (AvgIpc) is 2.04. The van der Waals surface area contributed by atoms with Gasteiger partial charge in [-0.05, 0) is 0 Å². The molecule has 0 aromatic rings. The summed E-state index contributed by atoms with van der Waals surface area (Å²) in [5.41, 5.74) is 0. The van der Waals surface area contributed by atoms with E-state index in [4.69, 9.17) is 0 Å². The first-order valence-corrected chi connectivity index (χ1v) is 20.8. The Balaban J connectivity index is 0. The molecule has 0 saturated heterocycles. The first-order valence-electron chi connectivity index (χ1n) is 6.18. The van der Waals surface area contributed by atoms with Crippen LogP contribution in [0.5, 0.6) is 0 Å². The molecule has 0 atom stereocenters. The molecule has 0 heterocycles. The number of hydrogen-bond donors (Lipinski definition) is 0. The minimum absolute atomic E-state index is 0.543. The minimum atomic E-state index is -0.759. The molecule has 0 spiro atoms. The Morgan fingerprint density at radius 1 is 0.643 bits per heavy atom. The molecule has 86 valence electrons. The zero-order valence-electron chi connectivity index (χ0n) is 11.2. The molecule has 0 aliphatic rings. The first-order chi connectivity index (χ1) is 6.58. The van der Waals surface area contributed by atoms with Gasteiger partial charge in [0, 0.05) is 0 Å². The number of hydrogen-bond acceptors (Lipinski definition) is 0. The third-order valence-electron chi connectivity index (χ3n) is 1.81. The van der Waals surface area contributed by atoms with Crippen molar-refractivity contribution in [1.29, 1.82) is 0 Å². The molecule has 2 heteroatoms. The second-order valence-electron chi connectivity index (χ2n) is 4.50. The SMILES string of the molecule is CC[CH2][Sn]([CH2]CC)[CH2]CC.[CH3][Sn]([CH3])[CH3]. The van der Waals surface area contributed by atoms with Gasteiger partial charge in [0.25, 0.3) is 0 Å². The fraction of sp³-hybridized carbons (Fsp3) is 1.00. The number of rotatable bonds is 6. The molecule has 2 radical (unpaired) electrons. The van der Waals surface area contributed by atoms with E-state index in [0.717, 1.165) is 0 Å². The van der Waals surface area contributed by atoms with Gasteiger partial charge in [-0.1, -0.05) is 0 Å². The molecule has 0 saturated carbocycles. The standard InChI is InChI=1S/3C3H7.3CH3.2Sn/c3*1-3-2;;;;;/h3*1,3H2,2H3;3*1H3;;. The predicted molar refractivity (Wildman–Crippen MR) is 74.4 cm³/mol. The van der Waals surface area contributed by atoms with Gasteiger partial charge in [-0.15, -0.1) is 0 Å². The Kier molecular flexibility index (Phi) is 18.7. The van der Waals surface area contributed by atoms with E-state index in [1.54, 1.807) is 13.3 Å². The van der Waals surface area contributed by atoms with Gasteiger partial charge in [0.15, 0.2) is 0 Å². The monoisotopic (exact) mass is 414 g/mol. The van der Waals surface area contributed by atoms with Crippen LogP contribution in [-0.4, -0.2) is 39.5 Å². The van der Waals surface area contributed by atoms with Crippen LogP contribution in [-0.2, 0) is 0 Å². The van der Waals surface area contributed by atoms with Gasteiger partial charge in [-0.3, -0.25) is 0 Å². The van der Waals surface area contributed by atoms with Crippen LogP contribution >= 0.6 is 0 Å². The van der Waals surface area contributed by atoms with Gasteiger partial charge in [0.1, 0.15) is 0 Å². The molecule has 0 unspecified atom stereocenters. The maximum absolute atomic E-state index is 2.36. The molecule has 0 fully saturated rings. The summed E-state index contributed by atoms with van der Waals surface area (Å²) >= 11 is -1.30. The van der Waals surface area contributed by atoms with Gasteiger partial charge in [-0.2, -0.15) is 0 Å². The van der Waals surface area contributed by atoms with E-state index in [1.165, 1.54) is 19.3 Å². The second kappa shape index (κ2) is 14.6. The van der Waals surface area contributed by atoms with Crippen LogP contribution in [0.1, 0.15) is 40.0 Å². The molecular formula is C12H30Sn2. The van der Waals surface area contributed by atoms with Gasteiger partial charge in [0.2, 0.25) is 0 Å². The quantitative estimate of drug-likeness (QED) is 0.535. The van der Waals surface area contributed by atoms with Crippen molar-refractivity contribution in [2.75, 3.05) is 0 Å². The van der Waals surface area contributed by atoms with E-state index in [-0.39, 0.29) is 0 Å². The molecule has 0 aliphatic heterocycles. The molecule has 0 N–H and O–H groups in total. The van der Waals surface area contributed by atoms with E-state index in [1.807, 2.05) is 0 Å². The van der Waals surface area contributed by atoms with Crippen molar-refractivity contribution in [2.24, 2.45) is 0 Å². The van der Waals surface area contributed by atoms with Gasteiger partial charge in [0.05, 0.1) is 0 Å². The van der Waals surface area contributed by atoms with E-state index in [9.17, 15) is 0 Å². The average molecular weight is 412 g/mol. The van der Waals surface area contributed by atoms with E-state index in [2.05, 4.69) is 35.6 Å². The summed E-state index contributed by atoms with van der Waals surface area (Å²) in [5.74, 6) is 0. The fourth-order valence-electron chi connectivity index (χ4n) is 1.44. The molecule has 0 aromatic carbocycles. The topological polar surface area (TPSA) is 0 Å². The van der Waals surface area contributed by atoms with Crippen molar-refractivity contribution < 1.29 is 0 Å². The molecule has 0 aliphatic carbocycles. The first kappa shape index (κ1) is 18.0. The van der Waals surface area contributed by atoms with Crippen molar-refractivity contribution in [2.45, 2.75) is 68.2 Å². The fourth-order valence-corrected chi connectivity index (χ4v) is 9.63. The molecular weight excluding hydrogens is 382 g/mol. The molecule has 0 rings (SSSR count). The molecule has 0 aromatic heterocycles. The van der Waals surface area contributed by atoms with Crippen LogP contribution in [0, 0.1) is 0 Å². The Bertz CT molecular complexity index is 75.3. The summed E-state index contributed by atoms with van der Waals surface area (Å²) in [5, 5.41) is 0. The summed E-state index contributed by atoms with van der Waals surface area (Å²) in [6.45, 7) is 7.02. The van der Waals surface area contributed by atoms with Gasteiger partial charge >= 0.3 is 108 Å². The van der Waals surface area contributed by atoms with Crippen molar-refractivity contribution >= 4 is 39.5 Å². The van der Waals surface area contributed by atoms with Crippen LogP contribution in [0.25, 0.3) is 0 Å². The molecule has 0 bridgehead atoms. The third kappa shape index (κ3) is 19.2. The van der Waals surface area contributed by atoms with Crippen LogP contribution in [0.4, 0.5) is 0 Å². The summed E-state index contributed by atoms with van der Waals surface area (Å²) < 4.78 is 4.93. The Labute approximate surface area is 107 Å². The van der Waals surface area contributed by atoms with E-state index >= 15 is 0 Å². The van der Waals surface area contributed by atoms with Crippen LogP contribution in [0.3, 0.4) is 0 Å². The van der Waals surface area contributed by atoms with Crippen molar-refractivity contribution in [3.8, 4) is 0 Å². The van der Waals surface area contributed by atoms with Crippen molar-refractivity contribution in [3.63, 3.8) is 0 Å². The van der Waals surface area contributed by atoms with Crippen LogP contribution < -0.4 is 0 Å². The summed E-state index contributed by atoms with van der Waals surface area (Å²) in [6.07, 6.45) is 4.36. The molecule has 14 heavy (non-hydrogen) atoms. The summed E-state index contributed by atoms with van der Waals surface area (Å²) in [7, 11) is 0. The summed E-state index contributed by atoms with van der Waals surface area (Å²) in [6, 6.07) is 0. The van der Waals surface area contributed by atoms with Gasteiger partial charge in [-0.25, -0.2) is 0 Å². The Hall–Kier alpha value is 1.60.